The molecule has 0 atom stereocenters. The van der Waals surface area contributed by atoms with Crippen LogP contribution in [-0.2, 0) is 6.54 Å². The van der Waals surface area contributed by atoms with Crippen molar-refractivity contribution in [3.8, 4) is 17.4 Å². The Morgan fingerprint density at radius 1 is 1.07 bits per heavy atom. The fourth-order valence-corrected chi connectivity index (χ4v) is 3.72. The quantitative estimate of drug-likeness (QED) is 0.697. The first-order valence-electron chi connectivity index (χ1n) is 10.3. The maximum absolute atomic E-state index is 5.63. The van der Waals surface area contributed by atoms with Crippen molar-refractivity contribution in [1.82, 2.24) is 15.3 Å². The molecule has 1 fully saturated rings. The maximum atomic E-state index is 5.63. The van der Waals surface area contributed by atoms with Gasteiger partial charge in [-0.05, 0) is 42.8 Å². The van der Waals surface area contributed by atoms with E-state index in [0.29, 0.717) is 36.7 Å². The van der Waals surface area contributed by atoms with Crippen molar-refractivity contribution in [2.45, 2.75) is 32.2 Å². The lowest BCUT2D eigenvalue weighted by atomic mass is 10.2. The molecule has 0 radical (unpaired) electrons. The standard InChI is InChI=1S/C21H27N5O3S/c1-27-19-13-18(26-8-4-2-3-5-9-26)23-20(24-19)25-21(30)22-14-15-6-7-16-17(12-15)29-11-10-28-16/h6-7,12-13H,2-5,8-11,14H2,1H3,(H2,22,23,24,25,30). The van der Waals surface area contributed by atoms with Gasteiger partial charge in [-0.25, -0.2) is 0 Å². The maximum Gasteiger partial charge on any atom is 0.234 e. The first-order valence-corrected chi connectivity index (χ1v) is 10.7. The highest BCUT2D eigenvalue weighted by atomic mass is 32.1. The minimum absolute atomic E-state index is 0.424. The summed E-state index contributed by atoms with van der Waals surface area (Å²) in [4.78, 5) is 11.3. The van der Waals surface area contributed by atoms with Gasteiger partial charge in [0, 0.05) is 25.7 Å². The van der Waals surface area contributed by atoms with Crippen LogP contribution < -0.4 is 29.7 Å². The zero-order valence-corrected chi connectivity index (χ0v) is 18.0. The summed E-state index contributed by atoms with van der Waals surface area (Å²) in [5.41, 5.74) is 1.04. The van der Waals surface area contributed by atoms with Crippen LogP contribution in [0.4, 0.5) is 11.8 Å². The molecular formula is C21H27N5O3S. The summed E-state index contributed by atoms with van der Waals surface area (Å²) in [6.07, 6.45) is 4.87. The molecule has 1 aromatic heterocycles. The van der Waals surface area contributed by atoms with Crippen molar-refractivity contribution in [2.24, 2.45) is 0 Å². The highest BCUT2D eigenvalue weighted by Gasteiger charge is 2.15. The molecule has 0 aliphatic carbocycles. The molecule has 2 N–H and O–H groups in total. The van der Waals surface area contributed by atoms with Gasteiger partial charge in [-0.2, -0.15) is 9.97 Å². The van der Waals surface area contributed by atoms with Gasteiger partial charge in [-0.3, -0.25) is 0 Å². The fraction of sp³-hybridized carbons (Fsp3) is 0.476. The van der Waals surface area contributed by atoms with Gasteiger partial charge in [0.05, 0.1) is 7.11 Å². The predicted molar refractivity (Wildman–Crippen MR) is 120 cm³/mol. The minimum atomic E-state index is 0.424. The lowest BCUT2D eigenvalue weighted by Gasteiger charge is -2.22. The topological polar surface area (TPSA) is 80.8 Å². The first-order chi connectivity index (χ1) is 14.7. The number of rotatable bonds is 5. The Bertz CT molecular complexity index is 887. The van der Waals surface area contributed by atoms with Crippen LogP contribution in [0.5, 0.6) is 17.4 Å². The van der Waals surface area contributed by atoms with E-state index in [1.54, 1.807) is 7.11 Å². The van der Waals surface area contributed by atoms with Crippen molar-refractivity contribution in [3.63, 3.8) is 0 Å². The van der Waals surface area contributed by atoms with Crippen LogP contribution in [0.1, 0.15) is 31.2 Å². The van der Waals surface area contributed by atoms with Crippen molar-refractivity contribution in [3.05, 3.63) is 29.8 Å². The summed E-state index contributed by atoms with van der Waals surface area (Å²) in [5.74, 6) is 3.34. The molecule has 2 aromatic rings. The van der Waals surface area contributed by atoms with E-state index in [1.807, 2.05) is 24.3 Å². The second-order valence-corrected chi connectivity index (χ2v) is 7.69. The fourth-order valence-electron chi connectivity index (χ4n) is 3.56. The monoisotopic (exact) mass is 429 g/mol. The molecule has 0 spiro atoms. The molecule has 2 aliphatic heterocycles. The van der Waals surface area contributed by atoms with Gasteiger partial charge >= 0.3 is 0 Å². The van der Waals surface area contributed by atoms with E-state index in [9.17, 15) is 0 Å². The lowest BCUT2D eigenvalue weighted by molar-refractivity contribution is 0.171. The Kier molecular flexibility index (Phi) is 6.68. The van der Waals surface area contributed by atoms with E-state index < -0.39 is 0 Å². The largest absolute Gasteiger partial charge is 0.486 e. The summed E-state index contributed by atoms with van der Waals surface area (Å²) >= 11 is 5.44. The lowest BCUT2D eigenvalue weighted by Crippen LogP contribution is -2.30. The van der Waals surface area contributed by atoms with Gasteiger partial charge in [0.1, 0.15) is 19.0 Å². The van der Waals surface area contributed by atoms with Crippen LogP contribution in [0.2, 0.25) is 0 Å². The summed E-state index contributed by atoms with van der Waals surface area (Å²) in [7, 11) is 1.61. The molecular weight excluding hydrogens is 402 g/mol. The normalized spacial score (nSPS) is 15.8. The molecule has 3 heterocycles. The molecule has 9 heteroatoms. The molecule has 2 aliphatic rings. The van der Waals surface area contributed by atoms with Gasteiger partial charge < -0.3 is 29.7 Å². The van der Waals surface area contributed by atoms with E-state index in [4.69, 9.17) is 26.4 Å². The average Bonchev–Trinajstić information content (AvgIpc) is 3.07. The van der Waals surface area contributed by atoms with E-state index in [0.717, 1.165) is 36.0 Å². The van der Waals surface area contributed by atoms with Gasteiger partial charge in [0.15, 0.2) is 16.6 Å². The van der Waals surface area contributed by atoms with Crippen LogP contribution in [0, 0.1) is 0 Å². The van der Waals surface area contributed by atoms with Crippen molar-refractivity contribution < 1.29 is 14.2 Å². The van der Waals surface area contributed by atoms with Crippen LogP contribution in [0.15, 0.2) is 24.3 Å². The Hall–Kier alpha value is -2.81. The number of fused-ring (bicyclic) bond motifs is 1. The van der Waals surface area contributed by atoms with E-state index in [1.165, 1.54) is 25.7 Å². The van der Waals surface area contributed by atoms with E-state index >= 15 is 0 Å². The number of methoxy groups -OCH3 is 1. The van der Waals surface area contributed by atoms with Gasteiger partial charge in [-0.1, -0.05) is 18.9 Å². The van der Waals surface area contributed by atoms with Gasteiger partial charge in [0.2, 0.25) is 11.8 Å². The Balaban J connectivity index is 1.39. The van der Waals surface area contributed by atoms with E-state index in [2.05, 4.69) is 25.5 Å². The third-order valence-electron chi connectivity index (χ3n) is 5.11. The molecule has 0 saturated carbocycles. The number of nitrogens with zero attached hydrogens (tertiary/aromatic N) is 3. The number of thiocarbonyl (C=S) groups is 1. The number of ether oxygens (including phenoxy) is 3. The third-order valence-corrected chi connectivity index (χ3v) is 5.36. The molecule has 8 nitrogen and oxygen atoms in total. The Morgan fingerprint density at radius 2 is 1.83 bits per heavy atom. The van der Waals surface area contributed by atoms with Crippen molar-refractivity contribution >= 4 is 29.1 Å². The summed E-state index contributed by atoms with van der Waals surface area (Å²) in [6.45, 7) is 3.68. The van der Waals surface area contributed by atoms with E-state index in [-0.39, 0.29) is 0 Å². The van der Waals surface area contributed by atoms with Crippen LogP contribution in [0.25, 0.3) is 0 Å². The number of nitrogens with one attached hydrogen (secondary N) is 2. The summed E-state index contributed by atoms with van der Waals surface area (Å²) < 4.78 is 16.6. The van der Waals surface area contributed by atoms with Gasteiger partial charge in [0.25, 0.3) is 0 Å². The van der Waals surface area contributed by atoms with Crippen LogP contribution >= 0.6 is 12.2 Å². The van der Waals surface area contributed by atoms with Gasteiger partial charge in [-0.15, -0.1) is 0 Å². The summed E-state index contributed by atoms with van der Waals surface area (Å²) in [6, 6.07) is 7.75. The smallest absolute Gasteiger partial charge is 0.234 e. The molecule has 0 bridgehead atoms. The second-order valence-electron chi connectivity index (χ2n) is 7.28. The highest BCUT2D eigenvalue weighted by molar-refractivity contribution is 7.80. The van der Waals surface area contributed by atoms with Crippen molar-refractivity contribution in [1.29, 1.82) is 0 Å². The number of benzene rings is 1. The molecule has 0 unspecified atom stereocenters. The van der Waals surface area contributed by atoms with Crippen LogP contribution in [-0.4, -0.2) is 48.5 Å². The third kappa shape index (κ3) is 5.21. The first kappa shape index (κ1) is 20.5. The molecule has 0 amide bonds. The van der Waals surface area contributed by atoms with Crippen LogP contribution in [0.3, 0.4) is 0 Å². The second kappa shape index (κ2) is 9.80. The minimum Gasteiger partial charge on any atom is -0.486 e. The average molecular weight is 430 g/mol. The highest BCUT2D eigenvalue weighted by Crippen LogP contribution is 2.30. The molecule has 1 saturated heterocycles. The predicted octanol–water partition coefficient (Wildman–Crippen LogP) is 3.12. The SMILES string of the molecule is COc1cc(N2CCCCCC2)nc(NC(=S)NCc2ccc3c(c2)OCCO3)n1. The molecule has 160 valence electrons. The number of aromatic nitrogens is 2. The zero-order chi connectivity index (χ0) is 20.8. The Morgan fingerprint density at radius 3 is 2.60 bits per heavy atom. The molecule has 1 aromatic carbocycles. The number of anilines is 2. The zero-order valence-electron chi connectivity index (χ0n) is 17.1. The number of hydrogen-bond acceptors (Lipinski definition) is 7. The van der Waals surface area contributed by atoms with Crippen molar-refractivity contribution in [2.75, 3.05) is 43.6 Å². The summed E-state index contributed by atoms with van der Waals surface area (Å²) in [5, 5.41) is 6.71. The Labute approximate surface area is 181 Å². The number of hydrogen-bond donors (Lipinski definition) is 2. The molecule has 4 rings (SSSR count). The molecule has 30 heavy (non-hydrogen) atoms.